The number of nitrogens with one attached hydrogen (secondary N) is 1. The van der Waals surface area contributed by atoms with Gasteiger partial charge in [0.1, 0.15) is 0 Å². The number of aromatic amines is 1. The molecule has 1 aromatic heterocycles. The zero-order valence-corrected chi connectivity index (χ0v) is 8.98. The number of rotatable bonds is 1. The van der Waals surface area contributed by atoms with E-state index < -0.39 is 11.7 Å². The Bertz CT molecular complexity index is 490. The topological polar surface area (TPSA) is 28.7 Å². The van der Waals surface area contributed by atoms with Crippen LogP contribution in [0.3, 0.4) is 0 Å². The highest BCUT2D eigenvalue weighted by Gasteiger charge is 2.33. The van der Waals surface area contributed by atoms with Crippen LogP contribution >= 0.6 is 15.9 Å². The third kappa shape index (κ3) is 1.73. The van der Waals surface area contributed by atoms with Crippen molar-refractivity contribution in [2.24, 2.45) is 0 Å². The third-order valence-corrected chi connectivity index (χ3v) is 2.72. The molecule has 0 spiro atoms. The molecule has 1 aromatic carbocycles. The minimum absolute atomic E-state index is 0.0412. The molecule has 0 saturated heterocycles. The Morgan fingerprint density at radius 2 is 2.07 bits per heavy atom. The van der Waals surface area contributed by atoms with Crippen molar-refractivity contribution in [2.45, 2.75) is 11.5 Å². The molecule has 2 nitrogen and oxygen atoms in total. The summed E-state index contributed by atoms with van der Waals surface area (Å²) in [5.74, 6) is 0. The molecule has 0 aliphatic carbocycles. The van der Waals surface area contributed by atoms with E-state index in [9.17, 15) is 13.2 Å². The minimum atomic E-state index is -4.35. The summed E-state index contributed by atoms with van der Waals surface area (Å²) in [7, 11) is 0. The molecule has 6 heteroatoms. The molecule has 2 aromatic rings. The smallest absolute Gasteiger partial charge is 0.344 e. The van der Waals surface area contributed by atoms with Gasteiger partial charge in [-0.15, -0.1) is 0 Å². The predicted molar refractivity (Wildman–Crippen MR) is 53.7 cm³/mol. The summed E-state index contributed by atoms with van der Waals surface area (Å²) in [6, 6.07) is 2.50. The number of H-pyrrole nitrogens is 1. The molecule has 1 heterocycles. The Labute approximate surface area is 91.6 Å². The lowest BCUT2D eigenvalue weighted by atomic mass is 10.1. The molecule has 0 radical (unpaired) electrons. The first-order valence-corrected chi connectivity index (χ1v) is 5.24. The van der Waals surface area contributed by atoms with Gasteiger partial charge in [-0.1, -0.05) is 22.0 Å². The third-order valence-electron chi connectivity index (χ3n) is 2.11. The fourth-order valence-electron chi connectivity index (χ4n) is 1.43. The average molecular weight is 279 g/mol. The maximum absolute atomic E-state index is 12.6. The summed E-state index contributed by atoms with van der Waals surface area (Å²) in [5.41, 5.74) is 0.458. The molecule has 0 unspecified atom stereocenters. The average Bonchev–Trinajstić information content (AvgIpc) is 2.62. The molecule has 80 valence electrons. The number of fused-ring (bicyclic) bond motifs is 1. The molecule has 0 bridgehead atoms. The number of aromatic nitrogens is 2. The van der Waals surface area contributed by atoms with Gasteiger partial charge in [0, 0.05) is 5.33 Å². The van der Waals surface area contributed by atoms with Gasteiger partial charge in [0.25, 0.3) is 0 Å². The fraction of sp³-hybridized carbons (Fsp3) is 0.222. The summed E-state index contributed by atoms with van der Waals surface area (Å²) in [4.78, 5) is 6.40. The van der Waals surface area contributed by atoms with Gasteiger partial charge in [-0.2, -0.15) is 13.2 Å². The molecular formula is C9H6BrF3N2. The van der Waals surface area contributed by atoms with Crippen LogP contribution in [0.25, 0.3) is 11.0 Å². The van der Waals surface area contributed by atoms with Gasteiger partial charge < -0.3 is 4.98 Å². The van der Waals surface area contributed by atoms with E-state index in [-0.39, 0.29) is 5.52 Å². The number of nitrogens with zero attached hydrogens (tertiary/aromatic N) is 1. The van der Waals surface area contributed by atoms with E-state index in [0.29, 0.717) is 10.8 Å². The molecular weight excluding hydrogens is 273 g/mol. The number of imidazole rings is 1. The van der Waals surface area contributed by atoms with Crippen molar-refractivity contribution in [2.75, 3.05) is 0 Å². The Balaban J connectivity index is 2.74. The number of benzene rings is 1. The highest BCUT2D eigenvalue weighted by Crippen LogP contribution is 2.34. The minimum Gasteiger partial charge on any atom is -0.344 e. The Kier molecular flexibility index (Phi) is 2.46. The van der Waals surface area contributed by atoms with E-state index >= 15 is 0 Å². The second kappa shape index (κ2) is 3.52. The van der Waals surface area contributed by atoms with E-state index in [2.05, 4.69) is 25.9 Å². The standard InChI is InChI=1S/C9H6BrF3N2/c10-3-5-1-2-6(9(11,12)13)8-7(5)14-4-15-8/h1-2,4H,3H2,(H,14,15). The van der Waals surface area contributed by atoms with Crippen molar-refractivity contribution in [1.29, 1.82) is 0 Å². The van der Waals surface area contributed by atoms with Crippen LogP contribution in [0, 0.1) is 0 Å². The van der Waals surface area contributed by atoms with E-state index in [1.165, 1.54) is 12.4 Å². The van der Waals surface area contributed by atoms with Crippen LogP contribution in [0.5, 0.6) is 0 Å². The highest BCUT2D eigenvalue weighted by molar-refractivity contribution is 9.08. The van der Waals surface area contributed by atoms with E-state index in [0.717, 1.165) is 11.6 Å². The number of alkyl halides is 4. The second-order valence-electron chi connectivity index (χ2n) is 3.03. The van der Waals surface area contributed by atoms with Crippen molar-refractivity contribution >= 4 is 27.0 Å². The van der Waals surface area contributed by atoms with Crippen molar-refractivity contribution in [1.82, 2.24) is 9.97 Å². The van der Waals surface area contributed by atoms with E-state index in [1.807, 2.05) is 0 Å². The Morgan fingerprint density at radius 1 is 1.33 bits per heavy atom. The molecule has 0 amide bonds. The van der Waals surface area contributed by atoms with Crippen molar-refractivity contribution < 1.29 is 13.2 Å². The lowest BCUT2D eigenvalue weighted by molar-refractivity contribution is -0.136. The summed E-state index contributed by atoms with van der Waals surface area (Å²) < 4.78 is 37.7. The Hall–Kier alpha value is -1.04. The first kappa shape index (κ1) is 10.5. The Morgan fingerprint density at radius 3 is 2.67 bits per heavy atom. The van der Waals surface area contributed by atoms with Crippen LogP contribution in [-0.4, -0.2) is 9.97 Å². The number of hydrogen-bond donors (Lipinski definition) is 1. The number of halogens is 4. The van der Waals surface area contributed by atoms with Crippen LogP contribution < -0.4 is 0 Å². The summed E-state index contributed by atoms with van der Waals surface area (Å²) in [6.07, 6.45) is -3.08. The second-order valence-corrected chi connectivity index (χ2v) is 3.59. The van der Waals surface area contributed by atoms with Crippen LogP contribution in [-0.2, 0) is 11.5 Å². The van der Waals surface area contributed by atoms with Crippen molar-refractivity contribution in [3.05, 3.63) is 29.6 Å². The molecule has 0 aliphatic rings. The van der Waals surface area contributed by atoms with Gasteiger partial charge >= 0.3 is 6.18 Å². The maximum Gasteiger partial charge on any atom is 0.418 e. The summed E-state index contributed by atoms with van der Waals surface area (Å²) in [6.45, 7) is 0. The predicted octanol–water partition coefficient (Wildman–Crippen LogP) is 3.48. The monoisotopic (exact) mass is 278 g/mol. The van der Waals surface area contributed by atoms with Crippen molar-refractivity contribution in [3.8, 4) is 0 Å². The largest absolute Gasteiger partial charge is 0.418 e. The van der Waals surface area contributed by atoms with E-state index in [1.54, 1.807) is 0 Å². The van der Waals surface area contributed by atoms with Gasteiger partial charge in [0.05, 0.1) is 22.9 Å². The van der Waals surface area contributed by atoms with Crippen LogP contribution in [0.1, 0.15) is 11.1 Å². The molecule has 15 heavy (non-hydrogen) atoms. The van der Waals surface area contributed by atoms with Gasteiger partial charge in [0.15, 0.2) is 0 Å². The van der Waals surface area contributed by atoms with Crippen LogP contribution in [0.4, 0.5) is 13.2 Å². The van der Waals surface area contributed by atoms with Gasteiger partial charge in [-0.25, -0.2) is 4.98 Å². The summed E-state index contributed by atoms with van der Waals surface area (Å²) >= 11 is 3.20. The normalized spacial score (nSPS) is 12.3. The van der Waals surface area contributed by atoms with Crippen LogP contribution in [0.2, 0.25) is 0 Å². The van der Waals surface area contributed by atoms with E-state index in [4.69, 9.17) is 0 Å². The van der Waals surface area contributed by atoms with Gasteiger partial charge in [-0.05, 0) is 11.6 Å². The molecule has 0 atom stereocenters. The SMILES string of the molecule is FC(F)(F)c1ccc(CBr)c2nc[nH]c12. The van der Waals surface area contributed by atoms with Crippen LogP contribution in [0.15, 0.2) is 18.5 Å². The highest BCUT2D eigenvalue weighted by atomic mass is 79.9. The molecule has 0 aliphatic heterocycles. The molecule has 1 N–H and O–H groups in total. The number of hydrogen-bond acceptors (Lipinski definition) is 1. The lowest BCUT2D eigenvalue weighted by Gasteiger charge is -2.08. The first-order valence-electron chi connectivity index (χ1n) is 4.12. The fourth-order valence-corrected chi connectivity index (χ4v) is 1.89. The quantitative estimate of drug-likeness (QED) is 0.795. The molecule has 0 fully saturated rings. The zero-order valence-electron chi connectivity index (χ0n) is 7.40. The summed E-state index contributed by atoms with van der Waals surface area (Å²) in [5, 5.41) is 0.479. The first-order chi connectivity index (χ1) is 7.04. The van der Waals surface area contributed by atoms with Gasteiger partial charge in [0.2, 0.25) is 0 Å². The molecule has 2 rings (SSSR count). The van der Waals surface area contributed by atoms with Gasteiger partial charge in [-0.3, -0.25) is 0 Å². The lowest BCUT2D eigenvalue weighted by Crippen LogP contribution is -2.06. The maximum atomic E-state index is 12.6. The molecule has 0 saturated carbocycles. The zero-order chi connectivity index (χ0) is 11.1. The van der Waals surface area contributed by atoms with Crippen molar-refractivity contribution in [3.63, 3.8) is 0 Å².